The van der Waals surface area contributed by atoms with Gasteiger partial charge in [-0.1, -0.05) is 13.0 Å². The highest BCUT2D eigenvalue weighted by Gasteiger charge is 2.28. The van der Waals surface area contributed by atoms with Crippen LogP contribution in [0.4, 0.5) is 10.1 Å². The summed E-state index contributed by atoms with van der Waals surface area (Å²) in [6.07, 6.45) is 1.09. The van der Waals surface area contributed by atoms with E-state index in [2.05, 4.69) is 18.7 Å². The fourth-order valence-electron chi connectivity index (χ4n) is 2.65. The number of benzene rings is 1. The second-order valence-electron chi connectivity index (χ2n) is 4.89. The topological polar surface area (TPSA) is 53.1 Å². The number of halogens is 1. The maximum Gasteiger partial charge on any atom is 0.136 e. The van der Waals surface area contributed by atoms with Gasteiger partial charge in [0.05, 0.1) is 11.3 Å². The maximum absolute atomic E-state index is 13.7. The third kappa shape index (κ3) is 2.12. The van der Waals surface area contributed by atoms with Crippen molar-refractivity contribution >= 4 is 11.5 Å². The number of hydrogen-bond donors (Lipinski definition) is 2. The third-order valence-corrected chi connectivity index (χ3v) is 3.35. The molecule has 0 saturated carbocycles. The summed E-state index contributed by atoms with van der Waals surface area (Å²) in [5.41, 5.74) is 6.45. The summed E-state index contributed by atoms with van der Waals surface area (Å²) in [6.45, 7) is 5.20. The van der Waals surface area contributed by atoms with Gasteiger partial charge in [0.25, 0.3) is 0 Å². The van der Waals surface area contributed by atoms with Crippen molar-refractivity contribution in [3.63, 3.8) is 0 Å². The van der Waals surface area contributed by atoms with Gasteiger partial charge in [-0.2, -0.15) is 0 Å². The van der Waals surface area contributed by atoms with Crippen LogP contribution in [0.2, 0.25) is 0 Å². The van der Waals surface area contributed by atoms with Crippen molar-refractivity contribution in [2.75, 3.05) is 11.4 Å². The Labute approximate surface area is 101 Å². The molecule has 0 radical (unpaired) electrons. The summed E-state index contributed by atoms with van der Waals surface area (Å²) in [5, 5.41) is 7.51. The molecule has 4 heteroatoms. The minimum atomic E-state index is -0.415. The molecule has 0 amide bonds. The summed E-state index contributed by atoms with van der Waals surface area (Å²) in [7, 11) is 0. The Kier molecular flexibility index (Phi) is 3.05. The van der Waals surface area contributed by atoms with Gasteiger partial charge >= 0.3 is 0 Å². The van der Waals surface area contributed by atoms with Crippen LogP contribution >= 0.6 is 0 Å². The number of nitrogens with two attached hydrogens (primary N) is 1. The van der Waals surface area contributed by atoms with Gasteiger partial charge in [0.1, 0.15) is 11.7 Å². The Hall–Kier alpha value is -1.58. The number of amidine groups is 1. The van der Waals surface area contributed by atoms with E-state index in [-0.39, 0.29) is 11.4 Å². The fraction of sp³-hybridized carbons (Fsp3) is 0.462. The van der Waals surface area contributed by atoms with E-state index in [9.17, 15) is 4.39 Å². The predicted molar refractivity (Wildman–Crippen MR) is 68.0 cm³/mol. The van der Waals surface area contributed by atoms with Gasteiger partial charge in [0.15, 0.2) is 0 Å². The Morgan fingerprint density at radius 1 is 1.47 bits per heavy atom. The maximum atomic E-state index is 13.7. The second kappa shape index (κ2) is 4.35. The van der Waals surface area contributed by atoms with Crippen LogP contribution in [0.1, 0.15) is 25.8 Å². The highest BCUT2D eigenvalue weighted by molar-refractivity contribution is 6.00. The number of nitrogens with zero attached hydrogens (tertiary/aromatic N) is 1. The van der Waals surface area contributed by atoms with E-state index in [1.54, 1.807) is 6.07 Å². The summed E-state index contributed by atoms with van der Waals surface area (Å²) >= 11 is 0. The molecule has 2 rings (SSSR count). The molecule has 2 unspecified atom stereocenters. The zero-order valence-corrected chi connectivity index (χ0v) is 10.2. The van der Waals surface area contributed by atoms with Crippen LogP contribution < -0.4 is 10.6 Å². The quantitative estimate of drug-likeness (QED) is 0.610. The molecule has 3 N–H and O–H groups in total. The smallest absolute Gasteiger partial charge is 0.136 e. The first-order chi connectivity index (χ1) is 8.00. The van der Waals surface area contributed by atoms with Crippen LogP contribution in [-0.4, -0.2) is 18.4 Å². The molecule has 1 saturated heterocycles. The van der Waals surface area contributed by atoms with Crippen LogP contribution in [0.15, 0.2) is 18.2 Å². The molecule has 1 heterocycles. The Morgan fingerprint density at radius 3 is 2.71 bits per heavy atom. The number of nitrogen functional groups attached to an aromatic ring is 1. The van der Waals surface area contributed by atoms with Gasteiger partial charge in [-0.05, 0) is 31.4 Å². The van der Waals surface area contributed by atoms with Crippen LogP contribution in [0.3, 0.4) is 0 Å². The standard InChI is InChI=1S/C13H18FN3/c1-8-6-9(2)17(7-8)11-5-3-4-10(14)12(11)13(15)16/h3-5,8-9H,6-7H2,1-2H3,(H3,15,16). The van der Waals surface area contributed by atoms with E-state index in [1.807, 2.05) is 6.07 Å². The molecule has 2 atom stereocenters. The Bertz CT molecular complexity index is 444. The van der Waals surface area contributed by atoms with Crippen LogP contribution in [-0.2, 0) is 0 Å². The summed E-state index contributed by atoms with van der Waals surface area (Å²) in [5.74, 6) is -0.0281. The normalized spacial score (nSPS) is 24.1. The van der Waals surface area contributed by atoms with E-state index in [1.165, 1.54) is 6.07 Å². The van der Waals surface area contributed by atoms with E-state index >= 15 is 0 Å². The minimum absolute atomic E-state index is 0.204. The Balaban J connectivity index is 2.45. The van der Waals surface area contributed by atoms with E-state index in [4.69, 9.17) is 11.1 Å². The van der Waals surface area contributed by atoms with Crippen LogP contribution in [0.5, 0.6) is 0 Å². The minimum Gasteiger partial charge on any atom is -0.384 e. The molecular formula is C13H18FN3. The van der Waals surface area contributed by atoms with Crippen molar-refractivity contribution in [2.45, 2.75) is 26.3 Å². The number of nitrogens with one attached hydrogen (secondary N) is 1. The number of hydrogen-bond acceptors (Lipinski definition) is 2. The molecule has 92 valence electrons. The zero-order chi connectivity index (χ0) is 12.6. The average Bonchev–Trinajstić information content (AvgIpc) is 2.56. The summed E-state index contributed by atoms with van der Waals surface area (Å²) < 4.78 is 13.7. The first-order valence-corrected chi connectivity index (χ1v) is 5.90. The molecule has 1 fully saturated rings. The van der Waals surface area contributed by atoms with E-state index < -0.39 is 5.82 Å². The SMILES string of the molecule is CC1CC(C)N(c2cccc(F)c2C(=N)N)C1. The lowest BCUT2D eigenvalue weighted by molar-refractivity contribution is 0.621. The van der Waals surface area contributed by atoms with Gasteiger partial charge in [-0.3, -0.25) is 5.41 Å². The molecule has 1 aromatic carbocycles. The highest BCUT2D eigenvalue weighted by Crippen LogP contribution is 2.32. The van der Waals surface area contributed by atoms with Crippen molar-refractivity contribution in [3.05, 3.63) is 29.6 Å². The van der Waals surface area contributed by atoms with E-state index in [0.29, 0.717) is 12.0 Å². The summed E-state index contributed by atoms with van der Waals surface area (Å²) in [6, 6.07) is 5.23. The van der Waals surface area contributed by atoms with Crippen molar-refractivity contribution < 1.29 is 4.39 Å². The molecule has 1 aromatic rings. The molecule has 1 aliphatic rings. The Morgan fingerprint density at radius 2 is 2.18 bits per heavy atom. The molecule has 0 aliphatic carbocycles. The van der Waals surface area contributed by atoms with Gasteiger partial charge in [-0.25, -0.2) is 4.39 Å². The lowest BCUT2D eigenvalue weighted by atomic mass is 10.1. The molecule has 0 aromatic heterocycles. The summed E-state index contributed by atoms with van der Waals surface area (Å²) in [4.78, 5) is 2.14. The largest absolute Gasteiger partial charge is 0.384 e. The van der Waals surface area contributed by atoms with Crippen molar-refractivity contribution in [1.29, 1.82) is 5.41 Å². The van der Waals surface area contributed by atoms with Crippen LogP contribution in [0.25, 0.3) is 0 Å². The molecule has 1 aliphatic heterocycles. The highest BCUT2D eigenvalue weighted by atomic mass is 19.1. The van der Waals surface area contributed by atoms with Gasteiger partial charge in [-0.15, -0.1) is 0 Å². The van der Waals surface area contributed by atoms with Crippen molar-refractivity contribution in [3.8, 4) is 0 Å². The molecular weight excluding hydrogens is 217 g/mol. The molecule has 0 bridgehead atoms. The average molecular weight is 235 g/mol. The number of rotatable bonds is 2. The third-order valence-electron chi connectivity index (χ3n) is 3.35. The van der Waals surface area contributed by atoms with Crippen molar-refractivity contribution in [2.24, 2.45) is 11.7 Å². The molecule has 3 nitrogen and oxygen atoms in total. The first kappa shape index (κ1) is 11.9. The number of anilines is 1. The van der Waals surface area contributed by atoms with Gasteiger partial charge < -0.3 is 10.6 Å². The lowest BCUT2D eigenvalue weighted by Crippen LogP contribution is -2.30. The zero-order valence-electron chi connectivity index (χ0n) is 10.2. The van der Waals surface area contributed by atoms with Crippen molar-refractivity contribution in [1.82, 2.24) is 0 Å². The van der Waals surface area contributed by atoms with Gasteiger partial charge in [0, 0.05) is 12.6 Å². The lowest BCUT2D eigenvalue weighted by Gasteiger charge is -2.26. The van der Waals surface area contributed by atoms with Gasteiger partial charge in [0.2, 0.25) is 0 Å². The fourth-order valence-corrected chi connectivity index (χ4v) is 2.65. The molecule has 17 heavy (non-hydrogen) atoms. The monoisotopic (exact) mass is 235 g/mol. The predicted octanol–water partition coefficient (Wildman–Crippen LogP) is 2.34. The van der Waals surface area contributed by atoms with E-state index in [0.717, 1.165) is 18.7 Å². The first-order valence-electron chi connectivity index (χ1n) is 5.90. The van der Waals surface area contributed by atoms with Crippen LogP contribution in [0, 0.1) is 17.1 Å². The molecule has 0 spiro atoms. The second-order valence-corrected chi connectivity index (χ2v) is 4.89.